The SMILES string of the molecule is CC(=O)N(C)c1nc2ccccc2n(CC(=O)Nc2ccc(Br)c(C)c2C)c1=O. The lowest BCUT2D eigenvalue weighted by atomic mass is 10.1. The molecule has 0 bridgehead atoms. The molecule has 0 radical (unpaired) electrons. The molecule has 2 aromatic carbocycles. The van der Waals surface area contributed by atoms with E-state index < -0.39 is 5.56 Å². The third-order valence-electron chi connectivity index (χ3n) is 4.92. The van der Waals surface area contributed by atoms with E-state index in [2.05, 4.69) is 26.2 Å². The molecule has 3 aromatic rings. The van der Waals surface area contributed by atoms with Gasteiger partial charge in [-0.25, -0.2) is 4.98 Å². The van der Waals surface area contributed by atoms with Crippen LogP contribution in [0.2, 0.25) is 0 Å². The molecule has 0 aliphatic heterocycles. The van der Waals surface area contributed by atoms with Crippen molar-refractivity contribution in [1.29, 1.82) is 0 Å². The van der Waals surface area contributed by atoms with Crippen LogP contribution in [0.25, 0.3) is 11.0 Å². The Kier molecular flexibility index (Phi) is 5.83. The third kappa shape index (κ3) is 4.07. The van der Waals surface area contributed by atoms with Crippen LogP contribution >= 0.6 is 15.9 Å². The number of hydrogen-bond acceptors (Lipinski definition) is 4. The minimum absolute atomic E-state index is 0.0142. The summed E-state index contributed by atoms with van der Waals surface area (Å²) in [5.74, 6) is -0.675. The molecule has 0 aliphatic carbocycles. The zero-order valence-electron chi connectivity index (χ0n) is 16.6. The van der Waals surface area contributed by atoms with Crippen molar-refractivity contribution in [3.8, 4) is 0 Å². The number of nitrogens with one attached hydrogen (secondary N) is 1. The van der Waals surface area contributed by atoms with Crippen molar-refractivity contribution in [3.05, 3.63) is 62.4 Å². The van der Waals surface area contributed by atoms with E-state index in [9.17, 15) is 14.4 Å². The summed E-state index contributed by atoms with van der Waals surface area (Å²) in [7, 11) is 1.49. The Morgan fingerprint density at radius 1 is 1.14 bits per heavy atom. The van der Waals surface area contributed by atoms with E-state index in [1.165, 1.54) is 23.4 Å². The van der Waals surface area contributed by atoms with Crippen LogP contribution in [0.4, 0.5) is 11.5 Å². The van der Waals surface area contributed by atoms with Crippen molar-refractivity contribution in [2.45, 2.75) is 27.3 Å². The van der Waals surface area contributed by atoms with Crippen molar-refractivity contribution in [2.24, 2.45) is 0 Å². The van der Waals surface area contributed by atoms with Gasteiger partial charge in [0.1, 0.15) is 6.54 Å². The predicted octanol–water partition coefficient (Wildman–Crippen LogP) is 3.40. The van der Waals surface area contributed by atoms with Crippen molar-refractivity contribution in [1.82, 2.24) is 9.55 Å². The Labute approximate surface area is 176 Å². The molecule has 0 atom stereocenters. The van der Waals surface area contributed by atoms with Crippen LogP contribution in [0.15, 0.2) is 45.7 Å². The molecule has 3 rings (SSSR count). The second-order valence-corrected chi connectivity index (χ2v) is 7.64. The molecule has 7 nitrogen and oxygen atoms in total. The number of benzene rings is 2. The number of fused-ring (bicyclic) bond motifs is 1. The number of rotatable bonds is 4. The van der Waals surface area contributed by atoms with Gasteiger partial charge in [-0.1, -0.05) is 28.1 Å². The minimum Gasteiger partial charge on any atom is -0.324 e. The number of amides is 2. The summed E-state index contributed by atoms with van der Waals surface area (Å²) >= 11 is 3.47. The van der Waals surface area contributed by atoms with Crippen LogP contribution < -0.4 is 15.8 Å². The summed E-state index contributed by atoms with van der Waals surface area (Å²) in [5.41, 5.74) is 3.20. The fourth-order valence-corrected chi connectivity index (χ4v) is 3.39. The van der Waals surface area contributed by atoms with Gasteiger partial charge in [0.05, 0.1) is 11.0 Å². The molecule has 0 saturated heterocycles. The monoisotopic (exact) mass is 456 g/mol. The fraction of sp³-hybridized carbons (Fsp3) is 0.238. The van der Waals surface area contributed by atoms with Gasteiger partial charge in [0, 0.05) is 24.1 Å². The summed E-state index contributed by atoms with van der Waals surface area (Å²) in [6, 6.07) is 10.7. The summed E-state index contributed by atoms with van der Waals surface area (Å²) in [6.07, 6.45) is 0. The highest BCUT2D eigenvalue weighted by Gasteiger charge is 2.18. The molecular weight excluding hydrogens is 436 g/mol. The van der Waals surface area contributed by atoms with Gasteiger partial charge in [0.2, 0.25) is 17.6 Å². The van der Waals surface area contributed by atoms with Crippen LogP contribution in [0.3, 0.4) is 0 Å². The second kappa shape index (κ2) is 8.16. The molecule has 0 fully saturated rings. The maximum Gasteiger partial charge on any atom is 0.294 e. The first-order valence-electron chi connectivity index (χ1n) is 9.00. The smallest absolute Gasteiger partial charge is 0.294 e. The predicted molar refractivity (Wildman–Crippen MR) is 117 cm³/mol. The highest BCUT2D eigenvalue weighted by Crippen LogP contribution is 2.26. The van der Waals surface area contributed by atoms with E-state index in [1.54, 1.807) is 24.3 Å². The molecule has 1 N–H and O–H groups in total. The number of hydrogen-bond donors (Lipinski definition) is 1. The molecule has 1 aromatic heterocycles. The summed E-state index contributed by atoms with van der Waals surface area (Å²) < 4.78 is 2.30. The molecule has 1 heterocycles. The number of anilines is 2. The molecule has 2 amide bonds. The molecule has 8 heteroatoms. The number of nitrogens with zero attached hydrogens (tertiary/aromatic N) is 3. The first-order valence-corrected chi connectivity index (χ1v) is 9.79. The third-order valence-corrected chi connectivity index (χ3v) is 5.78. The van der Waals surface area contributed by atoms with Gasteiger partial charge in [0.25, 0.3) is 5.56 Å². The van der Waals surface area contributed by atoms with Gasteiger partial charge in [-0.15, -0.1) is 0 Å². The van der Waals surface area contributed by atoms with Crippen LogP contribution in [0, 0.1) is 13.8 Å². The van der Waals surface area contributed by atoms with Crippen molar-refractivity contribution >= 4 is 50.3 Å². The molecule has 0 spiro atoms. The lowest BCUT2D eigenvalue weighted by molar-refractivity contribution is -0.117. The average molecular weight is 457 g/mol. The van der Waals surface area contributed by atoms with Gasteiger partial charge in [-0.3, -0.25) is 23.9 Å². The minimum atomic E-state index is -0.500. The van der Waals surface area contributed by atoms with Crippen LogP contribution in [-0.4, -0.2) is 28.4 Å². The van der Waals surface area contributed by atoms with Gasteiger partial charge in [0.15, 0.2) is 0 Å². The zero-order chi connectivity index (χ0) is 21.3. The lowest BCUT2D eigenvalue weighted by Crippen LogP contribution is -2.36. The largest absolute Gasteiger partial charge is 0.324 e. The topological polar surface area (TPSA) is 84.3 Å². The van der Waals surface area contributed by atoms with Crippen molar-refractivity contribution in [2.75, 3.05) is 17.3 Å². The van der Waals surface area contributed by atoms with Gasteiger partial charge < -0.3 is 5.32 Å². The molecule has 29 heavy (non-hydrogen) atoms. The summed E-state index contributed by atoms with van der Waals surface area (Å²) in [4.78, 5) is 43.0. The number of carbonyl (C=O) groups excluding carboxylic acids is 2. The molecule has 0 unspecified atom stereocenters. The first kappa shape index (κ1) is 20.7. The standard InChI is InChI=1S/C21H21BrN4O3/c1-12-13(2)16(10-9-15(12)22)23-19(28)11-26-18-8-6-5-7-17(18)24-20(21(26)29)25(4)14(3)27/h5-10H,11H2,1-4H3,(H,23,28). The van der Waals surface area contributed by atoms with E-state index in [-0.39, 0.29) is 24.2 Å². The molecular formula is C21H21BrN4O3. The van der Waals surface area contributed by atoms with Crippen LogP contribution in [0.5, 0.6) is 0 Å². The molecule has 150 valence electrons. The maximum absolute atomic E-state index is 13.0. The van der Waals surface area contributed by atoms with E-state index in [1.807, 2.05) is 26.0 Å². The Balaban J connectivity index is 2.02. The number of carbonyl (C=O) groups is 2. The normalized spacial score (nSPS) is 10.8. The van der Waals surface area contributed by atoms with Crippen molar-refractivity contribution < 1.29 is 9.59 Å². The molecule has 0 aliphatic rings. The van der Waals surface area contributed by atoms with Crippen LogP contribution in [0.1, 0.15) is 18.1 Å². The summed E-state index contributed by atoms with van der Waals surface area (Å²) in [6.45, 7) is 5.03. The first-order chi connectivity index (χ1) is 13.7. The number of para-hydroxylation sites is 2. The Morgan fingerprint density at radius 2 is 1.83 bits per heavy atom. The van der Waals surface area contributed by atoms with Crippen LogP contribution in [-0.2, 0) is 16.1 Å². The second-order valence-electron chi connectivity index (χ2n) is 6.79. The Morgan fingerprint density at radius 3 is 2.52 bits per heavy atom. The van der Waals surface area contributed by atoms with E-state index in [0.717, 1.165) is 15.6 Å². The Bertz CT molecular complexity index is 1190. The maximum atomic E-state index is 13.0. The van der Waals surface area contributed by atoms with Gasteiger partial charge in [-0.2, -0.15) is 0 Å². The van der Waals surface area contributed by atoms with Gasteiger partial charge >= 0.3 is 0 Å². The average Bonchev–Trinajstić information content (AvgIpc) is 2.69. The number of halogens is 1. The highest BCUT2D eigenvalue weighted by molar-refractivity contribution is 9.10. The fourth-order valence-electron chi connectivity index (χ4n) is 2.96. The van der Waals surface area contributed by atoms with E-state index in [4.69, 9.17) is 0 Å². The van der Waals surface area contributed by atoms with E-state index >= 15 is 0 Å². The zero-order valence-corrected chi connectivity index (χ0v) is 18.2. The van der Waals surface area contributed by atoms with E-state index in [0.29, 0.717) is 16.7 Å². The number of aromatic nitrogens is 2. The van der Waals surface area contributed by atoms with Gasteiger partial charge in [-0.05, 0) is 49.2 Å². The highest BCUT2D eigenvalue weighted by atomic mass is 79.9. The Hall–Kier alpha value is -3.00. The quantitative estimate of drug-likeness (QED) is 0.651. The lowest BCUT2D eigenvalue weighted by Gasteiger charge is -2.17. The summed E-state index contributed by atoms with van der Waals surface area (Å²) in [5, 5.41) is 2.87. The molecule has 0 saturated carbocycles. The van der Waals surface area contributed by atoms with Crippen molar-refractivity contribution in [3.63, 3.8) is 0 Å².